The number of nitrogens with one attached hydrogen (secondary N) is 2. The van der Waals surface area contributed by atoms with Gasteiger partial charge in [-0.1, -0.05) is 24.3 Å². The Morgan fingerprint density at radius 1 is 1.00 bits per heavy atom. The average molecular weight is 490 g/mol. The molecule has 0 unspecified atom stereocenters. The SMILES string of the molecule is CN(C)c1nc(N[C@H]2CC[C@@H](CNCc3cccc(SC(F)(F)F)c3)CC2)nc2ccccc12. The van der Waals surface area contributed by atoms with E-state index in [9.17, 15) is 13.2 Å². The molecule has 182 valence electrons. The highest BCUT2D eigenvalue weighted by molar-refractivity contribution is 8.00. The van der Waals surface area contributed by atoms with Crippen molar-refractivity contribution >= 4 is 34.4 Å². The monoisotopic (exact) mass is 489 g/mol. The van der Waals surface area contributed by atoms with Gasteiger partial charge < -0.3 is 15.5 Å². The summed E-state index contributed by atoms with van der Waals surface area (Å²) in [4.78, 5) is 11.7. The maximum atomic E-state index is 12.6. The molecule has 0 amide bonds. The third kappa shape index (κ3) is 6.76. The van der Waals surface area contributed by atoms with Crippen LogP contribution < -0.4 is 15.5 Å². The van der Waals surface area contributed by atoms with Gasteiger partial charge in [0.25, 0.3) is 0 Å². The predicted octanol–water partition coefficient (Wildman–Crippen LogP) is 6.07. The first kappa shape index (κ1) is 24.6. The Morgan fingerprint density at radius 3 is 2.50 bits per heavy atom. The lowest BCUT2D eigenvalue weighted by Crippen LogP contribution is -2.31. The van der Waals surface area contributed by atoms with Gasteiger partial charge in [0.1, 0.15) is 5.82 Å². The molecule has 9 heteroatoms. The molecule has 3 aromatic rings. The molecule has 1 saturated carbocycles. The third-order valence-electron chi connectivity index (χ3n) is 6.08. The Balaban J connectivity index is 1.26. The highest BCUT2D eigenvalue weighted by Gasteiger charge is 2.29. The van der Waals surface area contributed by atoms with Crippen LogP contribution in [0.4, 0.5) is 24.9 Å². The number of benzene rings is 2. The van der Waals surface area contributed by atoms with Gasteiger partial charge in [0, 0.05) is 37.0 Å². The summed E-state index contributed by atoms with van der Waals surface area (Å²) in [6.45, 7) is 1.43. The van der Waals surface area contributed by atoms with Gasteiger partial charge in [-0.15, -0.1) is 0 Å². The summed E-state index contributed by atoms with van der Waals surface area (Å²) in [5.41, 5.74) is -2.46. The van der Waals surface area contributed by atoms with E-state index >= 15 is 0 Å². The Kier molecular flexibility index (Phi) is 7.83. The summed E-state index contributed by atoms with van der Waals surface area (Å²) < 4.78 is 37.8. The fourth-order valence-corrected chi connectivity index (χ4v) is 5.06. The lowest BCUT2D eigenvalue weighted by Gasteiger charge is -2.29. The van der Waals surface area contributed by atoms with Gasteiger partial charge in [0.05, 0.1) is 5.52 Å². The second-order valence-electron chi connectivity index (χ2n) is 8.97. The minimum atomic E-state index is -4.26. The van der Waals surface area contributed by atoms with Gasteiger partial charge in [-0.25, -0.2) is 4.98 Å². The van der Waals surface area contributed by atoms with E-state index in [0.29, 0.717) is 24.5 Å². The van der Waals surface area contributed by atoms with Crippen LogP contribution in [0, 0.1) is 5.92 Å². The van der Waals surface area contributed by atoms with Gasteiger partial charge in [0.2, 0.25) is 5.95 Å². The Labute approximate surface area is 202 Å². The van der Waals surface area contributed by atoms with Crippen molar-refractivity contribution in [2.24, 2.45) is 5.92 Å². The van der Waals surface area contributed by atoms with Crippen LogP contribution in [-0.4, -0.2) is 42.2 Å². The summed E-state index contributed by atoms with van der Waals surface area (Å²) in [5.74, 6) is 2.13. The van der Waals surface area contributed by atoms with E-state index in [2.05, 4.69) is 10.6 Å². The third-order valence-corrected chi connectivity index (χ3v) is 6.80. The lowest BCUT2D eigenvalue weighted by atomic mass is 9.86. The number of nitrogens with zero attached hydrogens (tertiary/aromatic N) is 3. The molecule has 2 N–H and O–H groups in total. The summed E-state index contributed by atoms with van der Waals surface area (Å²) in [6.07, 6.45) is 4.25. The van der Waals surface area contributed by atoms with Crippen molar-refractivity contribution in [1.29, 1.82) is 0 Å². The molecule has 0 bridgehead atoms. The molecule has 1 aliphatic rings. The molecule has 0 radical (unpaired) electrons. The van der Waals surface area contributed by atoms with Crippen molar-refractivity contribution in [2.45, 2.75) is 48.7 Å². The van der Waals surface area contributed by atoms with Gasteiger partial charge in [-0.05, 0) is 79.7 Å². The topological polar surface area (TPSA) is 53.1 Å². The first-order valence-electron chi connectivity index (χ1n) is 11.5. The fraction of sp³-hybridized carbons (Fsp3) is 0.440. The number of alkyl halides is 3. The van der Waals surface area contributed by atoms with E-state index in [4.69, 9.17) is 9.97 Å². The Hall–Kier alpha value is -2.52. The maximum Gasteiger partial charge on any atom is 0.446 e. The molecular formula is C25H30F3N5S. The summed E-state index contributed by atoms with van der Waals surface area (Å²) in [7, 11) is 3.98. The number of rotatable bonds is 8. The largest absolute Gasteiger partial charge is 0.446 e. The second-order valence-corrected chi connectivity index (χ2v) is 10.1. The smallest absolute Gasteiger partial charge is 0.362 e. The van der Waals surface area contributed by atoms with Crippen LogP contribution in [0.5, 0.6) is 0 Å². The number of aromatic nitrogens is 2. The van der Waals surface area contributed by atoms with E-state index in [1.54, 1.807) is 12.1 Å². The molecule has 0 atom stereocenters. The molecule has 5 nitrogen and oxygen atoms in total. The van der Waals surface area contributed by atoms with Gasteiger partial charge in [-0.3, -0.25) is 0 Å². The number of hydrogen-bond donors (Lipinski definition) is 2. The van der Waals surface area contributed by atoms with Crippen molar-refractivity contribution in [3.05, 3.63) is 54.1 Å². The van der Waals surface area contributed by atoms with Crippen LogP contribution >= 0.6 is 11.8 Å². The van der Waals surface area contributed by atoms with Crippen molar-refractivity contribution in [2.75, 3.05) is 30.9 Å². The first-order chi connectivity index (χ1) is 16.3. The molecule has 1 aromatic heterocycles. The zero-order valence-corrected chi connectivity index (χ0v) is 20.2. The van der Waals surface area contributed by atoms with Crippen molar-refractivity contribution in [3.8, 4) is 0 Å². The molecule has 1 fully saturated rings. The highest BCUT2D eigenvalue weighted by atomic mass is 32.2. The fourth-order valence-electron chi connectivity index (χ4n) is 4.43. The quantitative estimate of drug-likeness (QED) is 0.375. The molecular weight excluding hydrogens is 459 g/mol. The van der Waals surface area contributed by atoms with E-state index in [1.807, 2.05) is 49.3 Å². The standard InChI is InChI=1S/C25H30F3N5S/c1-33(2)23-21-8-3-4-9-22(21)31-24(32-23)30-19-12-10-17(11-13-19)15-29-16-18-6-5-7-20(14-18)34-25(26,27)28/h3-9,14,17,19,29H,10-13,15-16H2,1-2H3,(H,30,31,32)/t17-,19+. The van der Waals surface area contributed by atoms with E-state index in [1.165, 1.54) is 6.07 Å². The average Bonchev–Trinajstić information content (AvgIpc) is 2.79. The second kappa shape index (κ2) is 10.8. The summed E-state index contributed by atoms with van der Waals surface area (Å²) in [6, 6.07) is 15.0. The van der Waals surface area contributed by atoms with Gasteiger partial charge in [0.15, 0.2) is 0 Å². The van der Waals surface area contributed by atoms with E-state index in [0.717, 1.165) is 54.5 Å². The lowest BCUT2D eigenvalue weighted by molar-refractivity contribution is -0.0328. The van der Waals surface area contributed by atoms with E-state index in [-0.39, 0.29) is 16.7 Å². The molecule has 0 spiro atoms. The minimum absolute atomic E-state index is 0.0675. The van der Waals surface area contributed by atoms with Crippen molar-refractivity contribution < 1.29 is 13.2 Å². The Bertz CT molecular complexity index is 1100. The summed E-state index contributed by atoms with van der Waals surface area (Å²) in [5, 5.41) is 7.99. The Morgan fingerprint density at radius 2 is 1.76 bits per heavy atom. The number of anilines is 2. The zero-order chi connectivity index (χ0) is 24.1. The molecule has 2 aromatic carbocycles. The molecule has 4 rings (SSSR count). The van der Waals surface area contributed by atoms with Crippen LogP contribution in [0.2, 0.25) is 0 Å². The van der Waals surface area contributed by atoms with Crippen molar-refractivity contribution in [3.63, 3.8) is 0 Å². The summed E-state index contributed by atoms with van der Waals surface area (Å²) >= 11 is -0.0675. The van der Waals surface area contributed by atoms with Gasteiger partial charge >= 0.3 is 5.51 Å². The molecule has 0 aliphatic heterocycles. The number of fused-ring (bicyclic) bond motifs is 1. The number of halogens is 3. The zero-order valence-electron chi connectivity index (χ0n) is 19.4. The van der Waals surface area contributed by atoms with Crippen molar-refractivity contribution in [1.82, 2.24) is 15.3 Å². The van der Waals surface area contributed by atoms with Crippen LogP contribution in [0.15, 0.2) is 53.4 Å². The number of hydrogen-bond acceptors (Lipinski definition) is 6. The number of thioether (sulfide) groups is 1. The molecule has 1 aliphatic carbocycles. The maximum absolute atomic E-state index is 12.6. The normalized spacial score (nSPS) is 18.7. The van der Waals surface area contributed by atoms with E-state index < -0.39 is 5.51 Å². The first-order valence-corrected chi connectivity index (χ1v) is 12.3. The molecule has 0 saturated heterocycles. The van der Waals surface area contributed by atoms with Gasteiger partial charge in [-0.2, -0.15) is 18.2 Å². The van der Waals surface area contributed by atoms with Crippen LogP contribution in [0.1, 0.15) is 31.2 Å². The number of para-hydroxylation sites is 1. The van der Waals surface area contributed by atoms with Crippen LogP contribution in [-0.2, 0) is 6.54 Å². The van der Waals surface area contributed by atoms with Crippen LogP contribution in [0.25, 0.3) is 10.9 Å². The predicted molar refractivity (Wildman–Crippen MR) is 133 cm³/mol. The minimum Gasteiger partial charge on any atom is -0.362 e. The molecule has 1 heterocycles. The van der Waals surface area contributed by atoms with Crippen LogP contribution in [0.3, 0.4) is 0 Å². The highest BCUT2D eigenvalue weighted by Crippen LogP contribution is 2.37. The molecule has 34 heavy (non-hydrogen) atoms.